The molecule has 0 aliphatic heterocycles. The molecular formula is C19H20ClNO4. The van der Waals surface area contributed by atoms with Crippen LogP contribution in [0.1, 0.15) is 24.0 Å². The number of carbonyl (C=O) groups excluding carboxylic acids is 1. The van der Waals surface area contributed by atoms with Gasteiger partial charge in [0.2, 0.25) is 0 Å². The van der Waals surface area contributed by atoms with Crippen LogP contribution in [0, 0.1) is 0 Å². The van der Waals surface area contributed by atoms with Crippen LogP contribution in [0.15, 0.2) is 47.6 Å². The summed E-state index contributed by atoms with van der Waals surface area (Å²) in [4.78, 5) is 17.2. The number of Topliss-reactive ketones (excluding diaryl/α,β-unsaturated/α-hetero) is 1. The molecule has 132 valence electrons. The van der Waals surface area contributed by atoms with E-state index < -0.39 is 5.92 Å². The highest BCUT2D eigenvalue weighted by Gasteiger charge is 2.17. The topological polar surface area (TPSA) is 57.1 Å². The number of methoxy groups -OCH3 is 2. The predicted molar refractivity (Wildman–Crippen MR) is 97.7 cm³/mol. The van der Waals surface area contributed by atoms with Crippen LogP contribution in [-0.4, -0.2) is 26.2 Å². The quantitative estimate of drug-likeness (QED) is 0.521. The molecule has 0 spiro atoms. The second-order valence-electron chi connectivity index (χ2n) is 5.36. The van der Waals surface area contributed by atoms with E-state index in [1.807, 2.05) is 12.1 Å². The molecule has 0 heterocycles. The average molecular weight is 362 g/mol. The van der Waals surface area contributed by atoms with Crippen molar-refractivity contribution in [3.63, 3.8) is 0 Å². The number of carbonyl (C=O) groups is 1. The van der Waals surface area contributed by atoms with E-state index in [4.69, 9.17) is 25.9 Å². The normalized spacial score (nSPS) is 12.0. The zero-order valence-electron chi connectivity index (χ0n) is 14.4. The summed E-state index contributed by atoms with van der Waals surface area (Å²) >= 11 is 5.84. The van der Waals surface area contributed by atoms with E-state index in [-0.39, 0.29) is 5.78 Å². The Morgan fingerprint density at radius 1 is 1.12 bits per heavy atom. The summed E-state index contributed by atoms with van der Waals surface area (Å²) < 4.78 is 10.5. The molecule has 0 N–H and O–H groups in total. The standard InChI is InChI=1S/C19H20ClNO4/c1-13(22)17(15-6-9-18(23-2)19(10-15)24-3)11-21-25-12-14-4-7-16(20)8-5-14/h4-11,17H,12H2,1-3H3/b21-11+. The van der Waals surface area contributed by atoms with E-state index in [9.17, 15) is 4.79 Å². The first-order chi connectivity index (χ1) is 12.0. The first-order valence-electron chi connectivity index (χ1n) is 7.67. The SMILES string of the molecule is COc1ccc(C(/C=N/OCc2ccc(Cl)cc2)C(C)=O)cc1OC. The lowest BCUT2D eigenvalue weighted by Gasteiger charge is -2.13. The zero-order valence-corrected chi connectivity index (χ0v) is 15.1. The van der Waals surface area contributed by atoms with Crippen molar-refractivity contribution >= 4 is 23.6 Å². The summed E-state index contributed by atoms with van der Waals surface area (Å²) in [5.74, 6) is 0.585. The highest BCUT2D eigenvalue weighted by atomic mass is 35.5. The van der Waals surface area contributed by atoms with E-state index in [2.05, 4.69) is 5.16 Å². The maximum absolute atomic E-state index is 12.0. The van der Waals surface area contributed by atoms with Crippen molar-refractivity contribution in [2.24, 2.45) is 5.16 Å². The summed E-state index contributed by atoms with van der Waals surface area (Å²) in [5.41, 5.74) is 1.69. The Balaban J connectivity index is 2.07. The van der Waals surface area contributed by atoms with Gasteiger partial charge >= 0.3 is 0 Å². The molecule has 2 rings (SSSR count). The van der Waals surface area contributed by atoms with Gasteiger partial charge in [-0.25, -0.2) is 0 Å². The number of halogens is 1. The minimum Gasteiger partial charge on any atom is -0.493 e. The molecule has 6 heteroatoms. The maximum atomic E-state index is 12.0. The van der Waals surface area contributed by atoms with Crippen LogP contribution in [0.5, 0.6) is 11.5 Å². The molecule has 0 aliphatic rings. The molecular weight excluding hydrogens is 342 g/mol. The monoisotopic (exact) mass is 361 g/mol. The molecule has 25 heavy (non-hydrogen) atoms. The van der Waals surface area contributed by atoms with Crippen LogP contribution in [0.25, 0.3) is 0 Å². The minimum atomic E-state index is -0.523. The van der Waals surface area contributed by atoms with Crippen molar-refractivity contribution in [2.75, 3.05) is 14.2 Å². The summed E-state index contributed by atoms with van der Waals surface area (Å²) in [7, 11) is 3.11. The van der Waals surface area contributed by atoms with Crippen molar-refractivity contribution < 1.29 is 19.1 Å². The van der Waals surface area contributed by atoms with Gasteiger partial charge in [-0.1, -0.05) is 35.0 Å². The number of benzene rings is 2. The molecule has 0 aliphatic carbocycles. The van der Waals surface area contributed by atoms with E-state index >= 15 is 0 Å². The maximum Gasteiger partial charge on any atom is 0.161 e. The number of nitrogens with zero attached hydrogens (tertiary/aromatic N) is 1. The van der Waals surface area contributed by atoms with Crippen LogP contribution in [0.4, 0.5) is 0 Å². The number of ether oxygens (including phenoxy) is 2. The second-order valence-corrected chi connectivity index (χ2v) is 5.79. The van der Waals surface area contributed by atoms with Crippen LogP contribution in [0.3, 0.4) is 0 Å². The Kier molecular flexibility index (Phi) is 6.83. The fraction of sp³-hybridized carbons (Fsp3) is 0.263. The van der Waals surface area contributed by atoms with Crippen LogP contribution >= 0.6 is 11.6 Å². The van der Waals surface area contributed by atoms with E-state index in [1.54, 1.807) is 44.6 Å². The lowest BCUT2D eigenvalue weighted by molar-refractivity contribution is -0.117. The number of hydrogen-bond donors (Lipinski definition) is 0. The molecule has 1 unspecified atom stereocenters. The molecule has 1 atom stereocenters. The summed E-state index contributed by atoms with van der Waals surface area (Å²) in [6.07, 6.45) is 1.49. The molecule has 0 amide bonds. The predicted octanol–water partition coefficient (Wildman–Crippen LogP) is 4.23. The molecule has 0 fully saturated rings. The third-order valence-electron chi connectivity index (χ3n) is 3.63. The molecule has 2 aromatic rings. The molecule has 0 bridgehead atoms. The van der Waals surface area contributed by atoms with Crippen molar-refractivity contribution in [2.45, 2.75) is 19.4 Å². The molecule has 0 aromatic heterocycles. The van der Waals surface area contributed by atoms with Gasteiger partial charge < -0.3 is 14.3 Å². The molecule has 0 saturated carbocycles. The fourth-order valence-electron chi connectivity index (χ4n) is 2.27. The summed E-state index contributed by atoms with van der Waals surface area (Å²) in [5, 5.41) is 4.60. The van der Waals surface area contributed by atoms with Crippen LogP contribution in [-0.2, 0) is 16.2 Å². The Labute approximate surface area is 152 Å². The van der Waals surface area contributed by atoms with Crippen molar-refractivity contribution in [3.8, 4) is 11.5 Å². The van der Waals surface area contributed by atoms with Gasteiger partial charge in [-0.05, 0) is 42.3 Å². The van der Waals surface area contributed by atoms with Gasteiger partial charge in [0.15, 0.2) is 11.5 Å². The Morgan fingerprint density at radius 3 is 2.40 bits per heavy atom. The number of oxime groups is 1. The third-order valence-corrected chi connectivity index (χ3v) is 3.89. The van der Waals surface area contributed by atoms with Gasteiger partial charge in [0, 0.05) is 5.02 Å². The van der Waals surface area contributed by atoms with Gasteiger partial charge in [0.25, 0.3) is 0 Å². The second kappa shape index (κ2) is 9.08. The highest BCUT2D eigenvalue weighted by molar-refractivity contribution is 6.30. The van der Waals surface area contributed by atoms with Gasteiger partial charge in [0.05, 0.1) is 26.4 Å². The summed E-state index contributed by atoms with van der Waals surface area (Å²) in [6, 6.07) is 12.6. The Morgan fingerprint density at radius 2 is 1.80 bits per heavy atom. The molecule has 0 radical (unpaired) electrons. The lowest BCUT2D eigenvalue weighted by atomic mass is 9.96. The third kappa shape index (κ3) is 5.22. The number of rotatable bonds is 8. The Hall–Kier alpha value is -2.53. The first-order valence-corrected chi connectivity index (χ1v) is 8.05. The zero-order chi connectivity index (χ0) is 18.2. The average Bonchev–Trinajstić information content (AvgIpc) is 2.62. The number of hydrogen-bond acceptors (Lipinski definition) is 5. The number of ketones is 1. The van der Waals surface area contributed by atoms with Gasteiger partial charge in [-0.3, -0.25) is 4.79 Å². The molecule has 5 nitrogen and oxygen atoms in total. The van der Waals surface area contributed by atoms with Gasteiger partial charge in [-0.15, -0.1) is 0 Å². The van der Waals surface area contributed by atoms with E-state index in [0.717, 1.165) is 11.1 Å². The molecule has 0 saturated heterocycles. The van der Waals surface area contributed by atoms with E-state index in [0.29, 0.717) is 23.1 Å². The fourth-order valence-corrected chi connectivity index (χ4v) is 2.39. The summed E-state index contributed by atoms with van der Waals surface area (Å²) in [6.45, 7) is 1.80. The Bertz CT molecular complexity index is 744. The highest BCUT2D eigenvalue weighted by Crippen LogP contribution is 2.30. The van der Waals surface area contributed by atoms with E-state index in [1.165, 1.54) is 13.1 Å². The van der Waals surface area contributed by atoms with Gasteiger partial charge in [0.1, 0.15) is 12.4 Å². The lowest BCUT2D eigenvalue weighted by Crippen LogP contribution is -2.11. The first kappa shape index (κ1) is 18.8. The largest absolute Gasteiger partial charge is 0.493 e. The van der Waals surface area contributed by atoms with Crippen molar-refractivity contribution in [3.05, 3.63) is 58.6 Å². The van der Waals surface area contributed by atoms with Crippen LogP contribution < -0.4 is 9.47 Å². The molecule has 2 aromatic carbocycles. The smallest absolute Gasteiger partial charge is 0.161 e. The van der Waals surface area contributed by atoms with Gasteiger partial charge in [-0.2, -0.15) is 0 Å². The van der Waals surface area contributed by atoms with Crippen LogP contribution in [0.2, 0.25) is 5.02 Å². The minimum absolute atomic E-state index is 0.0499. The van der Waals surface area contributed by atoms with Crippen molar-refractivity contribution in [1.82, 2.24) is 0 Å². The van der Waals surface area contributed by atoms with Crippen molar-refractivity contribution in [1.29, 1.82) is 0 Å².